The van der Waals surface area contributed by atoms with Gasteiger partial charge in [-0.05, 0) is 37.1 Å². The molecule has 1 N–H and O–H groups in total. The number of aryl methyl sites for hydroxylation is 2. The molecular formula is C12H19BrN2O3S. The first kappa shape index (κ1) is 16.4. The summed E-state index contributed by atoms with van der Waals surface area (Å²) in [6, 6.07) is 3.83. The number of hydrogen-bond acceptors (Lipinski definition) is 3. The van der Waals surface area contributed by atoms with E-state index in [9.17, 15) is 8.42 Å². The van der Waals surface area contributed by atoms with Crippen LogP contribution in [0, 0.1) is 13.8 Å². The van der Waals surface area contributed by atoms with Gasteiger partial charge >= 0.3 is 0 Å². The maximum Gasteiger partial charge on any atom is 0.279 e. The summed E-state index contributed by atoms with van der Waals surface area (Å²) >= 11 is 3.48. The number of nitrogens with zero attached hydrogens (tertiary/aromatic N) is 1. The van der Waals surface area contributed by atoms with Crippen molar-refractivity contribution in [3.8, 4) is 5.75 Å². The van der Waals surface area contributed by atoms with Crippen LogP contribution in [0.4, 0.5) is 0 Å². The number of rotatable bonds is 6. The third kappa shape index (κ3) is 4.76. The summed E-state index contributed by atoms with van der Waals surface area (Å²) in [4.78, 5) is 0. The van der Waals surface area contributed by atoms with E-state index in [1.165, 1.54) is 14.1 Å². The van der Waals surface area contributed by atoms with Gasteiger partial charge in [-0.1, -0.05) is 15.9 Å². The Morgan fingerprint density at radius 2 is 1.79 bits per heavy atom. The van der Waals surface area contributed by atoms with Gasteiger partial charge in [0.25, 0.3) is 10.2 Å². The van der Waals surface area contributed by atoms with Crippen molar-refractivity contribution in [2.75, 3.05) is 27.2 Å². The number of halogens is 1. The van der Waals surface area contributed by atoms with Crippen molar-refractivity contribution < 1.29 is 13.2 Å². The summed E-state index contributed by atoms with van der Waals surface area (Å²) in [6.07, 6.45) is 0. The zero-order valence-electron chi connectivity index (χ0n) is 11.5. The van der Waals surface area contributed by atoms with Gasteiger partial charge in [0.2, 0.25) is 0 Å². The fourth-order valence-corrected chi connectivity index (χ4v) is 2.29. The third-order valence-electron chi connectivity index (χ3n) is 2.55. The smallest absolute Gasteiger partial charge is 0.279 e. The molecule has 0 aromatic heterocycles. The molecule has 0 atom stereocenters. The van der Waals surface area contributed by atoms with E-state index in [4.69, 9.17) is 4.74 Å². The highest BCUT2D eigenvalue weighted by molar-refractivity contribution is 9.10. The van der Waals surface area contributed by atoms with Gasteiger partial charge in [-0.15, -0.1) is 0 Å². The molecule has 1 aromatic carbocycles. The number of nitrogens with one attached hydrogen (secondary N) is 1. The zero-order chi connectivity index (χ0) is 14.6. The second kappa shape index (κ2) is 6.69. The summed E-state index contributed by atoms with van der Waals surface area (Å²) in [5.74, 6) is 0.738. The van der Waals surface area contributed by atoms with Gasteiger partial charge < -0.3 is 4.74 Å². The summed E-state index contributed by atoms with van der Waals surface area (Å²) in [5, 5.41) is 0. The Labute approximate surface area is 123 Å². The predicted octanol–water partition coefficient (Wildman–Crippen LogP) is 1.84. The van der Waals surface area contributed by atoms with Crippen LogP contribution in [0.5, 0.6) is 5.75 Å². The minimum atomic E-state index is -3.38. The third-order valence-corrected chi connectivity index (χ3v) is 5.33. The SMILES string of the molecule is Cc1cc(OCCNS(=O)(=O)N(C)C)cc(C)c1Br. The van der Waals surface area contributed by atoms with Gasteiger partial charge in [-0.25, -0.2) is 0 Å². The Morgan fingerprint density at radius 3 is 2.26 bits per heavy atom. The van der Waals surface area contributed by atoms with Gasteiger partial charge in [0, 0.05) is 25.1 Å². The quantitative estimate of drug-likeness (QED) is 0.796. The van der Waals surface area contributed by atoms with Crippen molar-refractivity contribution in [3.05, 3.63) is 27.7 Å². The normalized spacial score (nSPS) is 11.9. The van der Waals surface area contributed by atoms with Gasteiger partial charge in [0.1, 0.15) is 12.4 Å². The molecule has 1 aromatic rings. The number of ether oxygens (including phenoxy) is 1. The van der Waals surface area contributed by atoms with Gasteiger partial charge in [0.15, 0.2) is 0 Å². The minimum Gasteiger partial charge on any atom is -0.492 e. The highest BCUT2D eigenvalue weighted by atomic mass is 79.9. The van der Waals surface area contributed by atoms with Crippen LogP contribution in [0.2, 0.25) is 0 Å². The molecule has 0 radical (unpaired) electrons. The number of benzene rings is 1. The van der Waals surface area contributed by atoms with Crippen molar-refractivity contribution in [2.24, 2.45) is 0 Å². The Kier molecular flexibility index (Phi) is 5.79. The largest absolute Gasteiger partial charge is 0.492 e. The van der Waals surface area contributed by atoms with Crippen molar-refractivity contribution in [2.45, 2.75) is 13.8 Å². The van der Waals surface area contributed by atoms with E-state index in [1.807, 2.05) is 26.0 Å². The Morgan fingerprint density at radius 1 is 1.26 bits per heavy atom. The van der Waals surface area contributed by atoms with E-state index in [0.29, 0.717) is 0 Å². The molecule has 0 aliphatic heterocycles. The van der Waals surface area contributed by atoms with E-state index in [-0.39, 0.29) is 13.2 Å². The van der Waals surface area contributed by atoms with Crippen molar-refractivity contribution in [1.82, 2.24) is 9.03 Å². The molecule has 5 nitrogen and oxygen atoms in total. The lowest BCUT2D eigenvalue weighted by molar-refractivity contribution is 0.321. The molecule has 0 aliphatic rings. The highest BCUT2D eigenvalue weighted by Crippen LogP contribution is 2.26. The van der Waals surface area contributed by atoms with E-state index in [1.54, 1.807) is 0 Å². The molecule has 1 rings (SSSR count). The van der Waals surface area contributed by atoms with Crippen LogP contribution in [-0.4, -0.2) is 40.0 Å². The average Bonchev–Trinajstić information content (AvgIpc) is 2.31. The van der Waals surface area contributed by atoms with E-state index in [0.717, 1.165) is 25.7 Å². The molecule has 0 unspecified atom stereocenters. The Hall–Kier alpha value is -0.630. The second-order valence-electron chi connectivity index (χ2n) is 4.40. The van der Waals surface area contributed by atoms with Crippen LogP contribution in [0.3, 0.4) is 0 Å². The molecule has 0 spiro atoms. The van der Waals surface area contributed by atoms with Crippen LogP contribution >= 0.6 is 15.9 Å². The fraction of sp³-hybridized carbons (Fsp3) is 0.500. The molecule has 0 bridgehead atoms. The fourth-order valence-electron chi connectivity index (χ4n) is 1.46. The van der Waals surface area contributed by atoms with Crippen LogP contribution in [0.25, 0.3) is 0 Å². The molecule has 0 heterocycles. The molecular weight excluding hydrogens is 332 g/mol. The highest BCUT2D eigenvalue weighted by Gasteiger charge is 2.11. The topological polar surface area (TPSA) is 58.6 Å². The first-order valence-electron chi connectivity index (χ1n) is 5.80. The average molecular weight is 351 g/mol. The Balaban J connectivity index is 2.51. The lowest BCUT2D eigenvalue weighted by atomic mass is 10.1. The van der Waals surface area contributed by atoms with Crippen LogP contribution < -0.4 is 9.46 Å². The molecule has 0 saturated heterocycles. The van der Waals surface area contributed by atoms with Crippen LogP contribution in [0.15, 0.2) is 16.6 Å². The van der Waals surface area contributed by atoms with E-state index < -0.39 is 10.2 Å². The molecule has 0 saturated carbocycles. The van der Waals surface area contributed by atoms with Gasteiger partial charge in [-0.2, -0.15) is 17.4 Å². The molecule has 0 fully saturated rings. The first-order chi connectivity index (χ1) is 8.74. The molecule has 108 valence electrons. The first-order valence-corrected chi connectivity index (χ1v) is 8.04. The summed E-state index contributed by atoms with van der Waals surface area (Å²) in [5.41, 5.74) is 2.17. The van der Waals surface area contributed by atoms with E-state index >= 15 is 0 Å². The molecule has 19 heavy (non-hydrogen) atoms. The summed E-state index contributed by atoms with van der Waals surface area (Å²) < 4.78 is 33.0. The second-order valence-corrected chi connectivity index (χ2v) is 7.16. The minimum absolute atomic E-state index is 0.231. The predicted molar refractivity (Wildman–Crippen MR) is 79.7 cm³/mol. The maximum absolute atomic E-state index is 11.4. The van der Waals surface area contributed by atoms with Crippen molar-refractivity contribution in [3.63, 3.8) is 0 Å². The van der Waals surface area contributed by atoms with Gasteiger partial charge in [0.05, 0.1) is 0 Å². The Bertz CT molecular complexity index is 521. The lowest BCUT2D eigenvalue weighted by Crippen LogP contribution is -2.37. The monoisotopic (exact) mass is 350 g/mol. The lowest BCUT2D eigenvalue weighted by Gasteiger charge is -2.13. The molecule has 7 heteroatoms. The zero-order valence-corrected chi connectivity index (χ0v) is 13.9. The van der Waals surface area contributed by atoms with Crippen molar-refractivity contribution >= 4 is 26.1 Å². The maximum atomic E-state index is 11.4. The van der Waals surface area contributed by atoms with Gasteiger partial charge in [-0.3, -0.25) is 0 Å². The standard InChI is InChI=1S/C12H19BrN2O3S/c1-9-7-11(8-10(2)12(9)13)18-6-5-14-19(16,17)15(3)4/h7-8,14H,5-6H2,1-4H3. The molecule has 0 amide bonds. The number of hydrogen-bond donors (Lipinski definition) is 1. The summed E-state index contributed by atoms with van der Waals surface area (Å²) in [7, 11) is -0.426. The summed E-state index contributed by atoms with van der Waals surface area (Å²) in [6.45, 7) is 4.49. The van der Waals surface area contributed by atoms with Crippen molar-refractivity contribution in [1.29, 1.82) is 0 Å². The van der Waals surface area contributed by atoms with Crippen LogP contribution in [0.1, 0.15) is 11.1 Å². The van der Waals surface area contributed by atoms with Crippen LogP contribution in [-0.2, 0) is 10.2 Å². The van der Waals surface area contributed by atoms with E-state index in [2.05, 4.69) is 20.7 Å². The molecule has 0 aliphatic carbocycles.